The summed E-state index contributed by atoms with van der Waals surface area (Å²) >= 11 is 6.29. The molecule has 1 heterocycles. The molecule has 4 saturated carbocycles. The second-order valence-corrected chi connectivity index (χ2v) is 11.9. The van der Waals surface area contributed by atoms with Crippen molar-refractivity contribution in [2.75, 3.05) is 0 Å². The zero-order chi connectivity index (χ0) is 25.0. The molecular formula is C29H32ClN3O3. The second kappa shape index (κ2) is 8.91. The van der Waals surface area contributed by atoms with Gasteiger partial charge >= 0.3 is 11.1 Å². The lowest BCUT2D eigenvalue weighted by Gasteiger charge is -2.59. The lowest BCUT2D eigenvalue weighted by molar-refractivity contribution is -0.126. The highest BCUT2D eigenvalue weighted by Crippen LogP contribution is 2.61. The topological polar surface area (TPSA) is 73.1 Å². The molecule has 4 fully saturated rings. The van der Waals surface area contributed by atoms with E-state index in [4.69, 9.17) is 11.6 Å². The summed E-state index contributed by atoms with van der Waals surface area (Å²) in [7, 11) is 0. The van der Waals surface area contributed by atoms with Crippen LogP contribution in [0.5, 0.6) is 0 Å². The van der Waals surface area contributed by atoms with Gasteiger partial charge in [0.2, 0.25) is 5.91 Å². The van der Waals surface area contributed by atoms with E-state index in [1.807, 2.05) is 30.3 Å². The van der Waals surface area contributed by atoms with Crippen LogP contribution in [0.2, 0.25) is 5.02 Å². The van der Waals surface area contributed by atoms with Gasteiger partial charge in [-0.3, -0.25) is 23.5 Å². The number of nitrogens with zero attached hydrogens (tertiary/aromatic N) is 2. The molecule has 4 bridgehead atoms. The van der Waals surface area contributed by atoms with Crippen molar-refractivity contribution in [2.24, 2.45) is 23.2 Å². The Morgan fingerprint density at radius 2 is 1.56 bits per heavy atom. The number of nitrogens with one attached hydrogen (secondary N) is 1. The number of fused-ring (bicyclic) bond motifs is 1. The Labute approximate surface area is 215 Å². The molecule has 1 N–H and O–H groups in total. The van der Waals surface area contributed by atoms with Gasteiger partial charge in [0, 0.05) is 11.1 Å². The molecule has 1 amide bonds. The van der Waals surface area contributed by atoms with E-state index in [-0.39, 0.29) is 30.5 Å². The summed E-state index contributed by atoms with van der Waals surface area (Å²) in [5.74, 6) is 2.14. The summed E-state index contributed by atoms with van der Waals surface area (Å²) < 4.78 is 2.75. The van der Waals surface area contributed by atoms with E-state index in [0.29, 0.717) is 16.1 Å². The van der Waals surface area contributed by atoms with Gasteiger partial charge in [-0.15, -0.1) is 0 Å². The molecule has 2 aromatic carbocycles. The summed E-state index contributed by atoms with van der Waals surface area (Å²) in [6.07, 6.45) is 7.61. The van der Waals surface area contributed by atoms with Crippen molar-refractivity contribution in [1.82, 2.24) is 14.5 Å². The molecule has 6 nitrogen and oxygen atoms in total. The first-order valence-corrected chi connectivity index (χ1v) is 13.5. The fourth-order valence-corrected chi connectivity index (χ4v) is 7.93. The van der Waals surface area contributed by atoms with Gasteiger partial charge in [-0.1, -0.05) is 41.9 Å². The second-order valence-electron chi connectivity index (χ2n) is 11.5. The first-order chi connectivity index (χ1) is 17.3. The maximum Gasteiger partial charge on any atom is 0.317 e. The number of carbonyl (C=O) groups excluding carboxylic acids is 1. The SMILES string of the molecule is C[C@H](NC(=O)Cn1c(=O)c(=O)n(Cc2ccccc2)c2ccc(Cl)cc21)C12CC3CC(CC(C3)C1)C2. The summed E-state index contributed by atoms with van der Waals surface area (Å²) in [4.78, 5) is 39.7. The summed E-state index contributed by atoms with van der Waals surface area (Å²) in [5.41, 5.74) is 0.791. The lowest BCUT2D eigenvalue weighted by Crippen LogP contribution is -2.56. The van der Waals surface area contributed by atoms with Gasteiger partial charge in [0.15, 0.2) is 0 Å². The molecule has 36 heavy (non-hydrogen) atoms. The van der Waals surface area contributed by atoms with Crippen LogP contribution in [0.1, 0.15) is 51.0 Å². The van der Waals surface area contributed by atoms with E-state index in [9.17, 15) is 14.4 Å². The van der Waals surface area contributed by atoms with Crippen LogP contribution in [0, 0.1) is 23.2 Å². The highest BCUT2D eigenvalue weighted by Gasteiger charge is 2.53. The van der Waals surface area contributed by atoms with Gasteiger partial charge in [0.25, 0.3) is 0 Å². The third kappa shape index (κ3) is 4.09. The van der Waals surface area contributed by atoms with Crippen LogP contribution in [0.3, 0.4) is 0 Å². The van der Waals surface area contributed by atoms with Gasteiger partial charge in [-0.05, 0) is 92.4 Å². The van der Waals surface area contributed by atoms with Gasteiger partial charge in [-0.2, -0.15) is 0 Å². The molecule has 0 unspecified atom stereocenters. The molecule has 0 spiro atoms. The smallest absolute Gasteiger partial charge is 0.317 e. The largest absolute Gasteiger partial charge is 0.352 e. The molecule has 4 aliphatic carbocycles. The standard InChI is InChI=1S/C29H32ClN3O3/c1-18(29-13-20-9-21(14-29)11-22(10-20)15-29)31-26(34)17-33-25-12-23(30)7-8-24(25)32(27(35)28(33)36)16-19-5-3-2-4-6-19/h2-8,12,18,20-22H,9-11,13-17H2,1H3,(H,31,34)/t18-,20?,21?,22?,29?/m0/s1. The number of hydrogen-bond donors (Lipinski definition) is 1. The highest BCUT2D eigenvalue weighted by molar-refractivity contribution is 6.31. The minimum absolute atomic E-state index is 0.0439. The third-order valence-corrected chi connectivity index (χ3v) is 9.29. The molecule has 3 aromatic rings. The van der Waals surface area contributed by atoms with Gasteiger partial charge in [0.05, 0.1) is 17.6 Å². The van der Waals surface area contributed by atoms with Crippen LogP contribution < -0.4 is 16.4 Å². The minimum Gasteiger partial charge on any atom is -0.352 e. The molecule has 0 aliphatic heterocycles. The van der Waals surface area contributed by atoms with Gasteiger partial charge in [-0.25, -0.2) is 0 Å². The van der Waals surface area contributed by atoms with Crippen molar-refractivity contribution in [1.29, 1.82) is 0 Å². The molecule has 7 heteroatoms. The van der Waals surface area contributed by atoms with E-state index in [1.165, 1.54) is 47.7 Å². The minimum atomic E-state index is -0.710. The number of hydrogen-bond acceptors (Lipinski definition) is 3. The molecule has 4 aliphatic rings. The number of carbonyl (C=O) groups is 1. The van der Waals surface area contributed by atoms with Crippen LogP contribution in [0.4, 0.5) is 0 Å². The fourth-order valence-electron chi connectivity index (χ4n) is 7.76. The first-order valence-electron chi connectivity index (χ1n) is 13.1. The van der Waals surface area contributed by atoms with Crippen LogP contribution >= 0.6 is 11.6 Å². The highest BCUT2D eigenvalue weighted by atomic mass is 35.5. The molecule has 1 aromatic heterocycles. The van der Waals surface area contributed by atoms with Crippen molar-refractivity contribution in [2.45, 2.75) is 64.6 Å². The van der Waals surface area contributed by atoms with E-state index in [0.717, 1.165) is 23.3 Å². The van der Waals surface area contributed by atoms with Gasteiger partial charge in [0.1, 0.15) is 6.54 Å². The van der Waals surface area contributed by atoms with E-state index >= 15 is 0 Å². The average molecular weight is 506 g/mol. The van der Waals surface area contributed by atoms with Crippen LogP contribution in [-0.4, -0.2) is 21.1 Å². The Balaban J connectivity index is 1.30. The summed E-state index contributed by atoms with van der Waals surface area (Å²) in [6, 6.07) is 14.7. The zero-order valence-electron chi connectivity index (χ0n) is 20.6. The van der Waals surface area contributed by atoms with Crippen LogP contribution in [-0.2, 0) is 17.9 Å². The Morgan fingerprint density at radius 3 is 2.19 bits per heavy atom. The van der Waals surface area contributed by atoms with Crippen molar-refractivity contribution >= 4 is 28.5 Å². The van der Waals surface area contributed by atoms with Crippen LogP contribution in [0.15, 0.2) is 58.1 Å². The molecule has 7 rings (SSSR count). The molecule has 0 radical (unpaired) electrons. The Bertz CT molecular complexity index is 1410. The maximum atomic E-state index is 13.3. The Morgan fingerprint density at radius 1 is 0.944 bits per heavy atom. The zero-order valence-corrected chi connectivity index (χ0v) is 21.3. The predicted molar refractivity (Wildman–Crippen MR) is 141 cm³/mol. The third-order valence-electron chi connectivity index (χ3n) is 9.06. The predicted octanol–water partition coefficient (Wildman–Crippen LogP) is 4.59. The van der Waals surface area contributed by atoms with Crippen molar-refractivity contribution in [3.63, 3.8) is 0 Å². The monoisotopic (exact) mass is 505 g/mol. The maximum absolute atomic E-state index is 13.3. The van der Waals surface area contributed by atoms with Crippen molar-refractivity contribution in [3.8, 4) is 0 Å². The quantitative estimate of drug-likeness (QED) is 0.498. The van der Waals surface area contributed by atoms with E-state index in [1.54, 1.807) is 18.2 Å². The lowest BCUT2D eigenvalue weighted by atomic mass is 9.48. The van der Waals surface area contributed by atoms with Crippen molar-refractivity contribution in [3.05, 3.63) is 79.8 Å². The number of amides is 1. The number of benzene rings is 2. The molecule has 0 saturated heterocycles. The van der Waals surface area contributed by atoms with E-state index < -0.39 is 11.1 Å². The number of aromatic nitrogens is 2. The molecule has 1 atom stereocenters. The molecule has 188 valence electrons. The number of rotatable bonds is 6. The fraction of sp³-hybridized carbons (Fsp3) is 0.483. The Hall–Kier alpha value is -2.86. The first kappa shape index (κ1) is 23.5. The Kier molecular flexibility index (Phi) is 5.83. The van der Waals surface area contributed by atoms with Crippen LogP contribution in [0.25, 0.3) is 11.0 Å². The van der Waals surface area contributed by atoms with Gasteiger partial charge < -0.3 is 5.32 Å². The van der Waals surface area contributed by atoms with Crippen molar-refractivity contribution < 1.29 is 4.79 Å². The number of halogens is 1. The summed E-state index contributed by atoms with van der Waals surface area (Å²) in [5, 5.41) is 3.67. The molecular weight excluding hydrogens is 474 g/mol. The summed E-state index contributed by atoms with van der Waals surface area (Å²) in [6.45, 7) is 2.19. The van der Waals surface area contributed by atoms with E-state index in [2.05, 4.69) is 12.2 Å². The normalized spacial score (nSPS) is 27.3. The average Bonchev–Trinajstić information content (AvgIpc) is 2.84.